The molecule has 7 heteroatoms. The molecular formula is C16H21ClN2O3S. The van der Waals surface area contributed by atoms with E-state index in [2.05, 4.69) is 29.3 Å². The Morgan fingerprint density at radius 1 is 1.39 bits per heavy atom. The summed E-state index contributed by atoms with van der Waals surface area (Å²) in [4.78, 5) is 14.4. The molecule has 0 unspecified atom stereocenters. The number of carbonyl (C=O) groups is 1. The minimum atomic E-state index is -3.14. The second-order valence-electron chi connectivity index (χ2n) is 6.42. The molecule has 0 saturated carbocycles. The van der Waals surface area contributed by atoms with Gasteiger partial charge in [0, 0.05) is 12.2 Å². The van der Waals surface area contributed by atoms with Crippen molar-refractivity contribution in [1.29, 1.82) is 0 Å². The Labute approximate surface area is 141 Å². The lowest BCUT2D eigenvalue weighted by Gasteiger charge is -2.31. The predicted octanol–water partition coefficient (Wildman–Crippen LogP) is 1.27. The van der Waals surface area contributed by atoms with Gasteiger partial charge in [0.1, 0.15) is 0 Å². The SMILES string of the molecule is Cc1ccc2c(c1)CCCN2CC(=O)N[C@@H]1CS(=O)(=O)C[C@@H]1Cl. The zero-order valence-electron chi connectivity index (χ0n) is 13.1. The molecule has 23 heavy (non-hydrogen) atoms. The van der Waals surface area contributed by atoms with Gasteiger partial charge in [-0.2, -0.15) is 0 Å². The molecule has 1 aromatic carbocycles. The number of benzene rings is 1. The van der Waals surface area contributed by atoms with Crippen LogP contribution in [0.25, 0.3) is 0 Å². The summed E-state index contributed by atoms with van der Waals surface area (Å²) in [7, 11) is -3.14. The van der Waals surface area contributed by atoms with Gasteiger partial charge in [0.2, 0.25) is 5.91 Å². The van der Waals surface area contributed by atoms with Crippen molar-refractivity contribution in [2.45, 2.75) is 31.2 Å². The van der Waals surface area contributed by atoms with Crippen LogP contribution in [0.5, 0.6) is 0 Å². The van der Waals surface area contributed by atoms with Gasteiger partial charge < -0.3 is 10.2 Å². The zero-order valence-corrected chi connectivity index (χ0v) is 14.7. The van der Waals surface area contributed by atoms with E-state index < -0.39 is 21.3 Å². The molecule has 1 fully saturated rings. The zero-order chi connectivity index (χ0) is 16.6. The maximum atomic E-state index is 12.3. The summed E-state index contributed by atoms with van der Waals surface area (Å²) in [6.07, 6.45) is 2.04. The number of hydrogen-bond acceptors (Lipinski definition) is 4. The monoisotopic (exact) mass is 356 g/mol. The summed E-state index contributed by atoms with van der Waals surface area (Å²) in [6.45, 7) is 3.13. The number of nitrogens with one attached hydrogen (secondary N) is 1. The molecule has 0 bridgehead atoms. The predicted molar refractivity (Wildman–Crippen MR) is 91.9 cm³/mol. The van der Waals surface area contributed by atoms with E-state index in [4.69, 9.17) is 11.6 Å². The van der Waals surface area contributed by atoms with Crippen LogP contribution in [0, 0.1) is 6.92 Å². The topological polar surface area (TPSA) is 66.5 Å². The summed E-state index contributed by atoms with van der Waals surface area (Å²) >= 11 is 6.04. The molecule has 0 aromatic heterocycles. The van der Waals surface area contributed by atoms with Crippen LogP contribution in [-0.4, -0.2) is 50.3 Å². The molecule has 2 atom stereocenters. The maximum absolute atomic E-state index is 12.3. The average molecular weight is 357 g/mol. The van der Waals surface area contributed by atoms with Crippen LogP contribution in [0.4, 0.5) is 5.69 Å². The third-order valence-electron chi connectivity index (χ3n) is 4.41. The Morgan fingerprint density at radius 3 is 2.87 bits per heavy atom. The lowest BCUT2D eigenvalue weighted by atomic mass is 9.99. The molecule has 2 aliphatic rings. The largest absolute Gasteiger partial charge is 0.362 e. The summed E-state index contributed by atoms with van der Waals surface area (Å²) in [5.41, 5.74) is 3.58. The normalized spacial score (nSPS) is 25.9. The first-order valence-electron chi connectivity index (χ1n) is 7.82. The summed E-state index contributed by atoms with van der Waals surface area (Å²) < 4.78 is 23.1. The van der Waals surface area contributed by atoms with Crippen molar-refractivity contribution >= 4 is 33.0 Å². The Morgan fingerprint density at radius 2 is 2.17 bits per heavy atom. The third-order valence-corrected chi connectivity index (χ3v) is 6.79. The summed E-state index contributed by atoms with van der Waals surface area (Å²) in [5, 5.41) is 2.24. The Balaban J connectivity index is 1.66. The number of sulfone groups is 1. The minimum absolute atomic E-state index is 0.0642. The van der Waals surface area contributed by atoms with E-state index in [0.717, 1.165) is 25.1 Å². The van der Waals surface area contributed by atoms with Crippen LogP contribution in [0.2, 0.25) is 0 Å². The van der Waals surface area contributed by atoms with Crippen LogP contribution in [-0.2, 0) is 21.1 Å². The summed E-state index contributed by atoms with van der Waals surface area (Å²) in [6, 6.07) is 5.78. The molecule has 0 radical (unpaired) electrons. The highest BCUT2D eigenvalue weighted by Gasteiger charge is 2.37. The lowest BCUT2D eigenvalue weighted by Crippen LogP contribution is -2.46. The highest BCUT2D eigenvalue weighted by molar-refractivity contribution is 7.91. The first-order chi connectivity index (χ1) is 10.8. The number of nitrogens with zero attached hydrogens (tertiary/aromatic N) is 1. The van der Waals surface area contributed by atoms with Gasteiger partial charge >= 0.3 is 0 Å². The number of amides is 1. The molecule has 1 N–H and O–H groups in total. The van der Waals surface area contributed by atoms with Crippen molar-refractivity contribution in [1.82, 2.24) is 5.32 Å². The summed E-state index contributed by atoms with van der Waals surface area (Å²) in [5.74, 6) is -0.306. The lowest BCUT2D eigenvalue weighted by molar-refractivity contribution is -0.120. The van der Waals surface area contributed by atoms with Gasteiger partial charge in [-0.05, 0) is 31.4 Å². The van der Waals surface area contributed by atoms with E-state index in [-0.39, 0.29) is 24.0 Å². The number of rotatable bonds is 3. The molecular weight excluding hydrogens is 336 g/mol. The van der Waals surface area contributed by atoms with Crippen molar-refractivity contribution in [2.24, 2.45) is 0 Å². The van der Waals surface area contributed by atoms with Gasteiger partial charge in [0.25, 0.3) is 0 Å². The standard InChI is InChI=1S/C16H21ClN2O3S/c1-11-4-5-15-12(7-11)3-2-6-19(15)8-16(20)18-14-10-23(21,22)9-13(14)17/h4-5,7,13-14H,2-3,6,8-10H2,1H3,(H,18,20)/t13-,14+/m0/s1. The number of halogens is 1. The number of anilines is 1. The van der Waals surface area contributed by atoms with E-state index in [1.165, 1.54) is 11.1 Å². The Bertz CT molecular complexity index is 720. The molecule has 126 valence electrons. The molecule has 2 heterocycles. The van der Waals surface area contributed by atoms with Crippen molar-refractivity contribution in [2.75, 3.05) is 29.5 Å². The fourth-order valence-corrected chi connectivity index (χ4v) is 5.88. The first kappa shape index (κ1) is 16.6. The van der Waals surface area contributed by atoms with E-state index in [1.54, 1.807) is 0 Å². The van der Waals surface area contributed by atoms with E-state index in [0.29, 0.717) is 0 Å². The Hall–Kier alpha value is -1.27. The second-order valence-corrected chi connectivity index (χ2v) is 9.14. The van der Waals surface area contributed by atoms with Crippen LogP contribution < -0.4 is 10.2 Å². The smallest absolute Gasteiger partial charge is 0.239 e. The van der Waals surface area contributed by atoms with E-state index in [1.807, 2.05) is 6.07 Å². The fraction of sp³-hybridized carbons (Fsp3) is 0.562. The van der Waals surface area contributed by atoms with Gasteiger partial charge in [-0.3, -0.25) is 4.79 Å². The highest BCUT2D eigenvalue weighted by Crippen LogP contribution is 2.27. The fourth-order valence-electron chi connectivity index (χ4n) is 3.33. The highest BCUT2D eigenvalue weighted by atomic mass is 35.5. The second kappa shape index (κ2) is 6.32. The number of carbonyl (C=O) groups excluding carboxylic acids is 1. The minimum Gasteiger partial charge on any atom is -0.362 e. The number of fused-ring (bicyclic) bond motifs is 1. The molecule has 1 amide bonds. The molecule has 3 rings (SSSR count). The van der Waals surface area contributed by atoms with Gasteiger partial charge in [-0.15, -0.1) is 11.6 Å². The van der Waals surface area contributed by atoms with E-state index in [9.17, 15) is 13.2 Å². The number of aryl methyl sites for hydroxylation is 2. The van der Waals surface area contributed by atoms with Gasteiger partial charge in [0.05, 0.1) is 29.5 Å². The molecule has 5 nitrogen and oxygen atoms in total. The maximum Gasteiger partial charge on any atom is 0.239 e. The van der Waals surface area contributed by atoms with Crippen molar-refractivity contribution in [3.05, 3.63) is 29.3 Å². The number of alkyl halides is 1. The molecule has 1 aromatic rings. The van der Waals surface area contributed by atoms with Crippen LogP contribution in [0.15, 0.2) is 18.2 Å². The Kier molecular flexibility index (Phi) is 4.56. The van der Waals surface area contributed by atoms with Crippen molar-refractivity contribution in [3.63, 3.8) is 0 Å². The van der Waals surface area contributed by atoms with Crippen LogP contribution in [0.1, 0.15) is 17.5 Å². The third kappa shape index (κ3) is 3.80. The molecule has 1 saturated heterocycles. The van der Waals surface area contributed by atoms with Crippen LogP contribution >= 0.6 is 11.6 Å². The molecule has 0 spiro atoms. The van der Waals surface area contributed by atoms with Crippen molar-refractivity contribution in [3.8, 4) is 0 Å². The molecule has 0 aliphatic carbocycles. The van der Waals surface area contributed by atoms with Gasteiger partial charge in [-0.1, -0.05) is 17.7 Å². The van der Waals surface area contributed by atoms with Gasteiger partial charge in [0.15, 0.2) is 9.84 Å². The van der Waals surface area contributed by atoms with E-state index >= 15 is 0 Å². The molecule has 2 aliphatic heterocycles. The quantitative estimate of drug-likeness (QED) is 0.828. The first-order valence-corrected chi connectivity index (χ1v) is 10.1. The van der Waals surface area contributed by atoms with Gasteiger partial charge in [-0.25, -0.2) is 8.42 Å². The average Bonchev–Trinajstić information content (AvgIpc) is 2.71. The number of hydrogen-bond donors (Lipinski definition) is 1. The van der Waals surface area contributed by atoms with Crippen LogP contribution in [0.3, 0.4) is 0 Å². The van der Waals surface area contributed by atoms with Crippen molar-refractivity contribution < 1.29 is 13.2 Å².